The summed E-state index contributed by atoms with van der Waals surface area (Å²) in [5.74, 6) is 1.78. The molecule has 212 valence electrons. The van der Waals surface area contributed by atoms with E-state index in [1.165, 1.54) is 6.07 Å². The molecule has 0 spiro atoms. The van der Waals surface area contributed by atoms with E-state index in [9.17, 15) is 10.1 Å². The standard InChI is InChI=1S/C32H17N9O2.Cu/c42-41(43)23-15-7-14-22-24(23)32-39-30-21-13-6-5-12-20(21)28(37-30)35-26-17-9-2-1-8-16(17)25(33-26)34-27-18-10-3-4-11-19(18)29(36-27)38-31(22)40-32;/h1-15H,(H2,33,34,35,36,37,38,39,40);/q;+1. The Morgan fingerprint density at radius 3 is 1.34 bits per heavy atom. The van der Waals surface area contributed by atoms with Crippen LogP contribution in [-0.2, 0) is 17.1 Å². The van der Waals surface area contributed by atoms with E-state index in [4.69, 9.17) is 29.9 Å². The predicted molar refractivity (Wildman–Crippen MR) is 163 cm³/mol. The smallest absolute Gasteiger partial charge is 0.324 e. The monoisotopic (exact) mass is 622 g/mol. The summed E-state index contributed by atoms with van der Waals surface area (Å²) in [7, 11) is 0. The number of hydrogen-bond donors (Lipinski definition) is 2. The minimum atomic E-state index is -0.417. The van der Waals surface area contributed by atoms with Gasteiger partial charge in [0.15, 0.2) is 23.3 Å². The number of benzene rings is 4. The Labute approximate surface area is 257 Å². The second-order valence-electron chi connectivity index (χ2n) is 10.2. The zero-order chi connectivity index (χ0) is 28.7. The van der Waals surface area contributed by atoms with Crippen LogP contribution in [0.4, 0.5) is 5.69 Å². The molecule has 2 aliphatic rings. The van der Waals surface area contributed by atoms with Crippen LogP contribution in [0.15, 0.2) is 91.0 Å². The van der Waals surface area contributed by atoms with Crippen molar-refractivity contribution in [1.82, 2.24) is 39.9 Å². The Morgan fingerprint density at radius 2 is 0.864 bits per heavy atom. The number of rotatable bonds is 1. The zero-order valence-corrected chi connectivity index (χ0v) is 23.4. The fourth-order valence-corrected chi connectivity index (χ4v) is 5.82. The van der Waals surface area contributed by atoms with Crippen LogP contribution in [0.3, 0.4) is 0 Å². The second-order valence-corrected chi connectivity index (χ2v) is 10.2. The van der Waals surface area contributed by atoms with Crippen molar-refractivity contribution in [3.63, 3.8) is 0 Å². The Hall–Kier alpha value is -5.84. The van der Waals surface area contributed by atoms with Gasteiger partial charge < -0.3 is 9.97 Å². The molecule has 0 aliphatic carbocycles. The van der Waals surface area contributed by atoms with Crippen LogP contribution >= 0.6 is 0 Å². The molecule has 3 aromatic heterocycles. The average Bonchev–Trinajstić information content (AvgIpc) is 3.76. The molecule has 0 amide bonds. The van der Waals surface area contributed by atoms with Crippen LogP contribution in [0.5, 0.6) is 0 Å². The van der Waals surface area contributed by atoms with Gasteiger partial charge >= 0.3 is 17.1 Å². The quantitative estimate of drug-likeness (QED) is 0.115. The SMILES string of the molecule is O=[N+]([O-])c1cccc2c3nc4nc(nc5[nH]c(nc6nc(nc([nH]3)c12)-c1ccccc1-6)c1ccccc51)-c1ccccc1-4.[Cu+]. The normalized spacial score (nSPS) is 11.6. The van der Waals surface area contributed by atoms with E-state index < -0.39 is 4.92 Å². The molecular weight excluding hydrogens is 606 g/mol. The number of nitro benzene ring substituents is 1. The number of fused-ring (bicyclic) bond motifs is 20. The molecular formula is C32H17CuN9O2+. The van der Waals surface area contributed by atoms with Crippen LogP contribution in [0, 0.1) is 10.1 Å². The molecule has 44 heavy (non-hydrogen) atoms. The van der Waals surface area contributed by atoms with Gasteiger partial charge in [0.05, 0.1) is 4.92 Å². The fraction of sp³-hybridized carbons (Fsp3) is 0. The number of hydrogen-bond acceptors (Lipinski definition) is 8. The van der Waals surface area contributed by atoms with Crippen molar-refractivity contribution >= 4 is 49.8 Å². The minimum absolute atomic E-state index is 0. The molecule has 0 unspecified atom stereocenters. The first-order valence-electron chi connectivity index (χ1n) is 13.5. The molecule has 11 nitrogen and oxygen atoms in total. The number of nitrogens with zero attached hydrogens (tertiary/aromatic N) is 7. The van der Waals surface area contributed by atoms with Gasteiger partial charge in [-0.2, -0.15) is 0 Å². The second kappa shape index (κ2) is 9.60. The number of aromatic nitrogens is 8. The van der Waals surface area contributed by atoms with Gasteiger partial charge in [0, 0.05) is 44.5 Å². The number of nitrogens with one attached hydrogen (secondary N) is 2. The Morgan fingerprint density at radius 1 is 0.477 bits per heavy atom. The number of H-pyrrole nitrogens is 2. The third-order valence-corrected chi connectivity index (χ3v) is 7.75. The minimum Gasteiger partial charge on any atom is -0.324 e. The van der Waals surface area contributed by atoms with Crippen molar-refractivity contribution in [3.05, 3.63) is 101 Å². The van der Waals surface area contributed by atoms with E-state index in [0.29, 0.717) is 51.0 Å². The number of aromatic amines is 2. The van der Waals surface area contributed by atoms with E-state index in [0.717, 1.165) is 33.0 Å². The molecule has 9 rings (SSSR count). The summed E-state index contributed by atoms with van der Waals surface area (Å²) in [4.78, 5) is 47.7. The van der Waals surface area contributed by atoms with Crippen molar-refractivity contribution in [2.75, 3.05) is 0 Å². The molecule has 4 aromatic carbocycles. The van der Waals surface area contributed by atoms with E-state index in [1.807, 2.05) is 72.8 Å². The van der Waals surface area contributed by atoms with Gasteiger partial charge in [0.25, 0.3) is 5.69 Å². The van der Waals surface area contributed by atoms with Crippen LogP contribution in [-0.4, -0.2) is 44.8 Å². The van der Waals surface area contributed by atoms with Gasteiger partial charge in [0.1, 0.15) is 28.0 Å². The van der Waals surface area contributed by atoms with E-state index >= 15 is 0 Å². The Balaban J connectivity index is 0.00000289. The average molecular weight is 623 g/mol. The molecule has 5 heterocycles. The van der Waals surface area contributed by atoms with Crippen molar-refractivity contribution in [1.29, 1.82) is 0 Å². The largest absolute Gasteiger partial charge is 1.00 e. The molecule has 0 radical (unpaired) electrons. The summed E-state index contributed by atoms with van der Waals surface area (Å²) in [6.45, 7) is 0. The van der Waals surface area contributed by atoms with Crippen molar-refractivity contribution in [2.24, 2.45) is 0 Å². The topological polar surface area (TPSA) is 152 Å². The summed E-state index contributed by atoms with van der Waals surface area (Å²) in [6, 6.07) is 28.1. The predicted octanol–water partition coefficient (Wildman–Crippen LogP) is 6.77. The Bertz CT molecular complexity index is 2520. The molecule has 0 saturated carbocycles. The maximum absolute atomic E-state index is 12.1. The maximum atomic E-state index is 12.1. The molecule has 2 aliphatic heterocycles. The molecule has 12 heteroatoms. The Kier molecular flexibility index (Phi) is 5.63. The summed E-state index contributed by atoms with van der Waals surface area (Å²) < 4.78 is 0. The third-order valence-electron chi connectivity index (χ3n) is 7.75. The molecule has 7 aromatic rings. The van der Waals surface area contributed by atoms with Crippen molar-refractivity contribution in [3.8, 4) is 45.6 Å². The third kappa shape index (κ3) is 3.75. The number of nitro groups is 1. The molecule has 0 atom stereocenters. The molecule has 0 fully saturated rings. The summed E-state index contributed by atoms with van der Waals surface area (Å²) in [5.41, 5.74) is 4.97. The van der Waals surface area contributed by atoms with Crippen molar-refractivity contribution in [2.45, 2.75) is 0 Å². The van der Waals surface area contributed by atoms with Crippen LogP contribution < -0.4 is 0 Å². The fourth-order valence-electron chi connectivity index (χ4n) is 5.82. The van der Waals surface area contributed by atoms with Crippen LogP contribution in [0.1, 0.15) is 0 Å². The van der Waals surface area contributed by atoms with E-state index in [-0.39, 0.29) is 28.4 Å². The maximum Gasteiger partial charge on any atom is 1.00 e. The first kappa shape index (κ1) is 25.8. The molecule has 0 saturated heterocycles. The zero-order valence-electron chi connectivity index (χ0n) is 22.4. The van der Waals surface area contributed by atoms with E-state index in [1.54, 1.807) is 12.1 Å². The van der Waals surface area contributed by atoms with Crippen LogP contribution in [0.2, 0.25) is 0 Å². The molecule has 2 N–H and O–H groups in total. The van der Waals surface area contributed by atoms with Gasteiger partial charge in [-0.25, -0.2) is 29.9 Å². The van der Waals surface area contributed by atoms with Gasteiger partial charge in [-0.05, 0) is 0 Å². The number of non-ortho nitro benzene ring substituents is 1. The van der Waals surface area contributed by atoms with Gasteiger partial charge in [-0.3, -0.25) is 10.1 Å². The van der Waals surface area contributed by atoms with Gasteiger partial charge in [-0.15, -0.1) is 0 Å². The first-order chi connectivity index (χ1) is 21.1. The molecule has 8 bridgehead atoms. The first-order valence-corrected chi connectivity index (χ1v) is 13.5. The summed E-state index contributed by atoms with van der Waals surface area (Å²) >= 11 is 0. The van der Waals surface area contributed by atoms with Gasteiger partial charge in [-0.1, -0.05) is 84.9 Å². The van der Waals surface area contributed by atoms with E-state index in [2.05, 4.69) is 9.97 Å². The van der Waals surface area contributed by atoms with Crippen molar-refractivity contribution < 1.29 is 22.0 Å². The van der Waals surface area contributed by atoms with Crippen LogP contribution in [0.25, 0.3) is 89.7 Å². The summed E-state index contributed by atoms with van der Waals surface area (Å²) in [5, 5.41) is 14.8. The summed E-state index contributed by atoms with van der Waals surface area (Å²) in [6.07, 6.45) is 0. The van der Waals surface area contributed by atoms with Gasteiger partial charge in [0.2, 0.25) is 0 Å².